The van der Waals surface area contributed by atoms with E-state index in [-0.39, 0.29) is 24.0 Å². The number of carbonyl (C=O) groups excluding carboxylic acids is 1. The van der Waals surface area contributed by atoms with Gasteiger partial charge in [-0.3, -0.25) is 4.79 Å². The normalized spacial score (nSPS) is 14.8. The highest BCUT2D eigenvalue weighted by atomic mass is 35.5. The summed E-state index contributed by atoms with van der Waals surface area (Å²) in [5.41, 5.74) is 1.97. The van der Waals surface area contributed by atoms with E-state index in [0.717, 1.165) is 11.4 Å². The summed E-state index contributed by atoms with van der Waals surface area (Å²) in [4.78, 5) is 13.7. The molecule has 156 valence electrons. The molecule has 0 radical (unpaired) electrons. The molecule has 1 aromatic heterocycles. The van der Waals surface area contributed by atoms with Crippen LogP contribution in [0.1, 0.15) is 5.69 Å². The number of amides is 1. The van der Waals surface area contributed by atoms with Crippen molar-refractivity contribution in [2.75, 3.05) is 24.7 Å². The number of aromatic nitrogens is 3. The number of sulfonamides is 1. The van der Waals surface area contributed by atoms with Crippen molar-refractivity contribution >= 4 is 33.2 Å². The third kappa shape index (κ3) is 4.51. The fourth-order valence-corrected chi connectivity index (χ4v) is 4.07. The second-order valence-electron chi connectivity index (χ2n) is 6.55. The van der Waals surface area contributed by atoms with Crippen LogP contribution in [0.5, 0.6) is 0 Å². The fraction of sp³-hybridized carbons (Fsp3) is 0.211. The molecule has 0 saturated carbocycles. The SMILES string of the molecule is O=C1COCCN1c1ccc(-n2cc(CNS(=O)(=O)c3ccc(Cl)cc3)nn2)cc1. The maximum atomic E-state index is 12.4. The lowest BCUT2D eigenvalue weighted by Gasteiger charge is -2.26. The number of morpholine rings is 1. The average Bonchev–Trinajstić information content (AvgIpc) is 3.22. The number of hydrogen-bond donors (Lipinski definition) is 1. The van der Waals surface area contributed by atoms with Gasteiger partial charge in [-0.1, -0.05) is 16.8 Å². The third-order valence-corrected chi connectivity index (χ3v) is 6.19. The Balaban J connectivity index is 1.42. The molecule has 1 aliphatic heterocycles. The fourth-order valence-electron chi connectivity index (χ4n) is 2.95. The van der Waals surface area contributed by atoms with E-state index < -0.39 is 10.0 Å². The van der Waals surface area contributed by atoms with Crippen molar-refractivity contribution in [1.82, 2.24) is 19.7 Å². The molecule has 9 nitrogen and oxygen atoms in total. The largest absolute Gasteiger partial charge is 0.370 e. The Hall–Kier alpha value is -2.79. The topological polar surface area (TPSA) is 106 Å². The number of nitrogens with zero attached hydrogens (tertiary/aromatic N) is 4. The smallest absolute Gasteiger partial charge is 0.253 e. The van der Waals surface area contributed by atoms with Gasteiger partial charge in [0.1, 0.15) is 6.61 Å². The van der Waals surface area contributed by atoms with Crippen LogP contribution in [0.25, 0.3) is 5.69 Å². The third-order valence-electron chi connectivity index (χ3n) is 4.52. The molecule has 2 heterocycles. The molecule has 1 aliphatic rings. The highest BCUT2D eigenvalue weighted by Crippen LogP contribution is 2.19. The first-order valence-electron chi connectivity index (χ1n) is 9.07. The lowest BCUT2D eigenvalue weighted by atomic mass is 10.2. The van der Waals surface area contributed by atoms with Crippen LogP contribution in [0, 0.1) is 0 Å². The molecule has 1 N–H and O–H groups in total. The van der Waals surface area contributed by atoms with Crippen molar-refractivity contribution in [3.63, 3.8) is 0 Å². The summed E-state index contributed by atoms with van der Waals surface area (Å²) in [7, 11) is -3.69. The van der Waals surface area contributed by atoms with Crippen LogP contribution in [0.4, 0.5) is 5.69 Å². The first-order valence-corrected chi connectivity index (χ1v) is 10.9. The van der Waals surface area contributed by atoms with E-state index in [9.17, 15) is 13.2 Å². The minimum atomic E-state index is -3.69. The molecular formula is C19H18ClN5O4S. The maximum absolute atomic E-state index is 12.4. The quantitative estimate of drug-likeness (QED) is 0.617. The van der Waals surface area contributed by atoms with Gasteiger partial charge in [-0.25, -0.2) is 17.8 Å². The summed E-state index contributed by atoms with van der Waals surface area (Å²) in [6.45, 7) is 1.09. The van der Waals surface area contributed by atoms with Crippen molar-refractivity contribution in [2.24, 2.45) is 0 Å². The van der Waals surface area contributed by atoms with Crippen LogP contribution in [0.3, 0.4) is 0 Å². The van der Waals surface area contributed by atoms with Gasteiger partial charge >= 0.3 is 0 Å². The average molecular weight is 448 g/mol. The zero-order chi connectivity index (χ0) is 21.1. The van der Waals surface area contributed by atoms with Crippen molar-refractivity contribution in [3.05, 3.63) is 65.4 Å². The highest BCUT2D eigenvalue weighted by molar-refractivity contribution is 7.89. The Labute approximate surface area is 178 Å². The lowest BCUT2D eigenvalue weighted by Crippen LogP contribution is -2.41. The van der Waals surface area contributed by atoms with Gasteiger partial charge in [0.2, 0.25) is 10.0 Å². The van der Waals surface area contributed by atoms with Crippen molar-refractivity contribution in [3.8, 4) is 5.69 Å². The molecule has 0 spiro atoms. The molecule has 2 aromatic carbocycles. The number of ether oxygens (including phenoxy) is 1. The number of benzene rings is 2. The number of carbonyl (C=O) groups is 1. The molecule has 0 bridgehead atoms. The molecule has 30 heavy (non-hydrogen) atoms. The molecule has 0 atom stereocenters. The molecular weight excluding hydrogens is 430 g/mol. The minimum Gasteiger partial charge on any atom is -0.370 e. The van der Waals surface area contributed by atoms with Gasteiger partial charge in [-0.2, -0.15) is 0 Å². The Kier molecular flexibility index (Phi) is 5.82. The molecule has 1 fully saturated rings. The van der Waals surface area contributed by atoms with E-state index in [2.05, 4.69) is 15.0 Å². The van der Waals surface area contributed by atoms with Gasteiger partial charge in [0.25, 0.3) is 5.91 Å². The Morgan fingerprint density at radius 1 is 1.07 bits per heavy atom. The van der Waals surface area contributed by atoms with Crippen LogP contribution in [0.15, 0.2) is 59.6 Å². The second-order valence-corrected chi connectivity index (χ2v) is 8.75. The molecule has 0 aliphatic carbocycles. The summed E-state index contributed by atoms with van der Waals surface area (Å²) in [6.07, 6.45) is 1.64. The maximum Gasteiger partial charge on any atom is 0.253 e. The van der Waals surface area contributed by atoms with Crippen LogP contribution < -0.4 is 9.62 Å². The molecule has 3 aromatic rings. The minimum absolute atomic E-state index is 0.00861. The van der Waals surface area contributed by atoms with E-state index in [1.807, 2.05) is 24.3 Å². The Morgan fingerprint density at radius 2 is 1.77 bits per heavy atom. The summed E-state index contributed by atoms with van der Waals surface area (Å²) < 4.78 is 33.9. The number of rotatable bonds is 6. The van der Waals surface area contributed by atoms with Gasteiger partial charge < -0.3 is 9.64 Å². The first kappa shape index (κ1) is 20.5. The molecule has 0 unspecified atom stereocenters. The molecule has 1 saturated heterocycles. The number of halogens is 1. The standard InChI is InChI=1S/C19H18ClN5O4S/c20-14-1-7-18(8-2-14)30(27,28)21-11-15-12-25(23-22-15)17-5-3-16(4-6-17)24-9-10-29-13-19(24)26/h1-8,12,21H,9-11,13H2. The van der Waals surface area contributed by atoms with Crippen LogP contribution >= 0.6 is 11.6 Å². The van der Waals surface area contributed by atoms with Crippen molar-refractivity contribution < 1.29 is 17.9 Å². The summed E-state index contributed by atoms with van der Waals surface area (Å²) in [5.74, 6) is -0.0787. The van der Waals surface area contributed by atoms with E-state index in [1.54, 1.807) is 11.1 Å². The summed E-state index contributed by atoms with van der Waals surface area (Å²) in [6, 6.07) is 13.2. The second kappa shape index (κ2) is 8.52. The zero-order valence-electron chi connectivity index (χ0n) is 15.7. The van der Waals surface area contributed by atoms with E-state index in [4.69, 9.17) is 16.3 Å². The van der Waals surface area contributed by atoms with Gasteiger partial charge in [0.05, 0.1) is 35.6 Å². The van der Waals surface area contributed by atoms with Gasteiger partial charge in [0, 0.05) is 17.3 Å². The monoisotopic (exact) mass is 447 g/mol. The summed E-state index contributed by atoms with van der Waals surface area (Å²) >= 11 is 5.80. The van der Waals surface area contributed by atoms with E-state index in [1.165, 1.54) is 28.9 Å². The van der Waals surface area contributed by atoms with Gasteiger partial charge in [-0.05, 0) is 48.5 Å². The zero-order valence-corrected chi connectivity index (χ0v) is 17.3. The highest BCUT2D eigenvalue weighted by Gasteiger charge is 2.20. The van der Waals surface area contributed by atoms with Crippen molar-refractivity contribution in [1.29, 1.82) is 0 Å². The molecule has 1 amide bonds. The summed E-state index contributed by atoms with van der Waals surface area (Å²) in [5, 5.41) is 8.51. The number of nitrogens with one attached hydrogen (secondary N) is 1. The number of anilines is 1. The molecule has 11 heteroatoms. The molecule has 4 rings (SSSR count). The first-order chi connectivity index (χ1) is 14.4. The van der Waals surface area contributed by atoms with E-state index >= 15 is 0 Å². The van der Waals surface area contributed by atoms with E-state index in [0.29, 0.717) is 23.9 Å². The van der Waals surface area contributed by atoms with Crippen LogP contribution in [-0.4, -0.2) is 49.1 Å². The van der Waals surface area contributed by atoms with Crippen LogP contribution in [0.2, 0.25) is 5.02 Å². The predicted molar refractivity (Wildman–Crippen MR) is 110 cm³/mol. The Morgan fingerprint density at radius 3 is 2.47 bits per heavy atom. The number of hydrogen-bond acceptors (Lipinski definition) is 6. The lowest BCUT2D eigenvalue weighted by molar-refractivity contribution is -0.125. The predicted octanol–water partition coefficient (Wildman–Crippen LogP) is 1.76. The van der Waals surface area contributed by atoms with Crippen LogP contribution in [-0.2, 0) is 26.1 Å². The van der Waals surface area contributed by atoms with Crippen molar-refractivity contribution in [2.45, 2.75) is 11.4 Å². The van der Waals surface area contributed by atoms with Gasteiger partial charge in [0.15, 0.2) is 0 Å². The van der Waals surface area contributed by atoms with Gasteiger partial charge in [-0.15, -0.1) is 5.10 Å². The Bertz CT molecular complexity index is 1150.